The molecule has 2 aromatic rings. The van der Waals surface area contributed by atoms with E-state index < -0.39 is 0 Å². The van der Waals surface area contributed by atoms with Crippen LogP contribution in [0.1, 0.15) is 35.7 Å². The van der Waals surface area contributed by atoms with Crippen LogP contribution in [0, 0.1) is 0 Å². The van der Waals surface area contributed by atoms with Crippen LogP contribution in [0.5, 0.6) is 5.75 Å². The van der Waals surface area contributed by atoms with E-state index in [-0.39, 0.29) is 0 Å². The fourth-order valence-electron chi connectivity index (χ4n) is 2.23. The molecule has 0 saturated heterocycles. The fraction of sp³-hybridized carbons (Fsp3) is 0.385. The lowest BCUT2D eigenvalue weighted by Crippen LogP contribution is -2.08. The minimum Gasteiger partial charge on any atom is -0.508 e. The zero-order valence-electron chi connectivity index (χ0n) is 10.1. The van der Waals surface area contributed by atoms with Gasteiger partial charge in [-0.15, -0.1) is 5.10 Å². The molecule has 1 heterocycles. The Morgan fingerprint density at radius 1 is 1.33 bits per heavy atom. The van der Waals surface area contributed by atoms with E-state index >= 15 is 0 Å². The number of aromatic hydroxyl groups is 1. The summed E-state index contributed by atoms with van der Waals surface area (Å²) < 4.78 is 1.87. The summed E-state index contributed by atoms with van der Waals surface area (Å²) in [6.45, 7) is 0.970. The number of aromatic nitrogens is 3. The number of benzene rings is 1. The molecule has 0 bridgehead atoms. The van der Waals surface area contributed by atoms with E-state index in [1.54, 1.807) is 6.07 Å². The second-order valence-electron chi connectivity index (χ2n) is 4.69. The molecule has 0 radical (unpaired) electrons. The van der Waals surface area contributed by atoms with Crippen molar-refractivity contribution >= 4 is 0 Å². The Labute approximate surface area is 105 Å². The van der Waals surface area contributed by atoms with E-state index in [1.807, 2.05) is 22.9 Å². The monoisotopic (exact) mass is 244 g/mol. The highest BCUT2D eigenvalue weighted by Crippen LogP contribution is 2.41. The largest absolute Gasteiger partial charge is 0.508 e. The predicted molar refractivity (Wildman–Crippen MR) is 67.1 cm³/mol. The summed E-state index contributed by atoms with van der Waals surface area (Å²) in [5.41, 5.74) is 8.56. The molecule has 5 nitrogen and oxygen atoms in total. The molecule has 0 amide bonds. The van der Waals surface area contributed by atoms with Gasteiger partial charge < -0.3 is 10.8 Å². The SMILES string of the molecule is NCc1nnn(Cc2ccccc2O)c1C1CC1. The standard InChI is InChI=1S/C13H16N4O/c14-7-11-13(9-5-6-9)17(16-15-11)8-10-3-1-2-4-12(10)18/h1-4,9,18H,5-8,14H2. The maximum Gasteiger partial charge on any atom is 0.120 e. The van der Waals surface area contributed by atoms with E-state index in [0.717, 1.165) is 17.0 Å². The van der Waals surface area contributed by atoms with E-state index in [2.05, 4.69) is 10.3 Å². The number of nitrogens with two attached hydrogens (primary N) is 1. The van der Waals surface area contributed by atoms with Crippen LogP contribution in [0.4, 0.5) is 0 Å². The lowest BCUT2D eigenvalue weighted by atomic mass is 10.2. The number of phenols is 1. The van der Waals surface area contributed by atoms with Crippen LogP contribution in [-0.2, 0) is 13.1 Å². The second kappa shape index (κ2) is 4.42. The van der Waals surface area contributed by atoms with Crippen LogP contribution in [-0.4, -0.2) is 20.1 Å². The van der Waals surface area contributed by atoms with Gasteiger partial charge in [0, 0.05) is 18.0 Å². The Hall–Kier alpha value is -1.88. The first-order valence-electron chi connectivity index (χ1n) is 6.18. The van der Waals surface area contributed by atoms with Gasteiger partial charge in [-0.3, -0.25) is 0 Å². The summed E-state index contributed by atoms with van der Waals surface area (Å²) >= 11 is 0. The molecule has 1 aliphatic carbocycles. The average molecular weight is 244 g/mol. The molecule has 5 heteroatoms. The third-order valence-electron chi connectivity index (χ3n) is 3.32. The maximum absolute atomic E-state index is 9.79. The summed E-state index contributed by atoms with van der Waals surface area (Å²) in [6, 6.07) is 7.31. The molecule has 3 N–H and O–H groups in total. The molecule has 0 atom stereocenters. The number of nitrogens with zero attached hydrogens (tertiary/aromatic N) is 3. The van der Waals surface area contributed by atoms with E-state index in [0.29, 0.717) is 24.8 Å². The van der Waals surface area contributed by atoms with Gasteiger partial charge in [0.1, 0.15) is 5.75 Å². The van der Waals surface area contributed by atoms with Crippen LogP contribution in [0.25, 0.3) is 0 Å². The number of para-hydroxylation sites is 1. The lowest BCUT2D eigenvalue weighted by molar-refractivity contribution is 0.462. The molecule has 0 spiro atoms. The number of phenolic OH excluding ortho intramolecular Hbond substituents is 1. The Kier molecular flexibility index (Phi) is 2.76. The first-order valence-corrected chi connectivity index (χ1v) is 6.18. The molecular weight excluding hydrogens is 228 g/mol. The number of hydrogen-bond donors (Lipinski definition) is 2. The van der Waals surface area contributed by atoms with Gasteiger partial charge in [-0.2, -0.15) is 0 Å². The van der Waals surface area contributed by atoms with Crippen LogP contribution >= 0.6 is 0 Å². The van der Waals surface area contributed by atoms with Crippen LogP contribution in [0.15, 0.2) is 24.3 Å². The highest BCUT2D eigenvalue weighted by Gasteiger charge is 2.30. The molecule has 0 aliphatic heterocycles. The minimum absolute atomic E-state index is 0.295. The Bertz CT molecular complexity index is 560. The Morgan fingerprint density at radius 3 is 2.78 bits per heavy atom. The van der Waals surface area contributed by atoms with E-state index in [4.69, 9.17) is 5.73 Å². The Morgan fingerprint density at radius 2 is 2.11 bits per heavy atom. The van der Waals surface area contributed by atoms with Crippen molar-refractivity contribution < 1.29 is 5.11 Å². The molecule has 1 aliphatic rings. The molecule has 1 fully saturated rings. The molecule has 18 heavy (non-hydrogen) atoms. The zero-order valence-corrected chi connectivity index (χ0v) is 10.1. The minimum atomic E-state index is 0.295. The van der Waals surface area contributed by atoms with Crippen molar-refractivity contribution in [1.29, 1.82) is 0 Å². The van der Waals surface area contributed by atoms with Crippen molar-refractivity contribution in [2.45, 2.75) is 31.8 Å². The molecule has 1 aromatic heterocycles. The van der Waals surface area contributed by atoms with Gasteiger partial charge in [0.2, 0.25) is 0 Å². The fourth-order valence-corrected chi connectivity index (χ4v) is 2.23. The third kappa shape index (κ3) is 1.97. The van der Waals surface area contributed by atoms with E-state index in [9.17, 15) is 5.11 Å². The predicted octanol–water partition coefficient (Wildman–Crippen LogP) is 1.37. The van der Waals surface area contributed by atoms with Gasteiger partial charge in [-0.1, -0.05) is 23.4 Å². The molecule has 94 valence electrons. The average Bonchev–Trinajstić information content (AvgIpc) is 3.14. The highest BCUT2D eigenvalue weighted by atomic mass is 16.3. The maximum atomic E-state index is 9.79. The molecular formula is C13H16N4O. The molecule has 0 unspecified atom stereocenters. The summed E-state index contributed by atoms with van der Waals surface area (Å²) in [7, 11) is 0. The van der Waals surface area contributed by atoms with Crippen molar-refractivity contribution in [2.24, 2.45) is 5.73 Å². The van der Waals surface area contributed by atoms with Crippen molar-refractivity contribution in [3.05, 3.63) is 41.2 Å². The van der Waals surface area contributed by atoms with E-state index in [1.165, 1.54) is 12.8 Å². The van der Waals surface area contributed by atoms with Crippen LogP contribution < -0.4 is 5.73 Å². The van der Waals surface area contributed by atoms with Gasteiger partial charge in [0.05, 0.1) is 17.9 Å². The van der Waals surface area contributed by atoms with Gasteiger partial charge in [0.15, 0.2) is 0 Å². The summed E-state index contributed by atoms with van der Waals surface area (Å²) in [6.07, 6.45) is 2.36. The first kappa shape index (κ1) is 11.2. The number of hydrogen-bond acceptors (Lipinski definition) is 4. The quantitative estimate of drug-likeness (QED) is 0.851. The van der Waals surface area contributed by atoms with Crippen molar-refractivity contribution in [2.75, 3.05) is 0 Å². The lowest BCUT2D eigenvalue weighted by Gasteiger charge is -2.08. The van der Waals surface area contributed by atoms with Gasteiger partial charge in [-0.25, -0.2) is 4.68 Å². The van der Waals surface area contributed by atoms with Crippen molar-refractivity contribution in [1.82, 2.24) is 15.0 Å². The summed E-state index contributed by atoms with van der Waals surface area (Å²) in [4.78, 5) is 0. The second-order valence-corrected chi connectivity index (χ2v) is 4.69. The third-order valence-corrected chi connectivity index (χ3v) is 3.32. The van der Waals surface area contributed by atoms with Gasteiger partial charge in [0.25, 0.3) is 0 Å². The summed E-state index contributed by atoms with van der Waals surface area (Å²) in [5.74, 6) is 0.841. The molecule has 1 aromatic carbocycles. The molecule has 1 saturated carbocycles. The van der Waals surface area contributed by atoms with Crippen molar-refractivity contribution in [3.8, 4) is 5.75 Å². The number of rotatable bonds is 4. The molecule has 3 rings (SSSR count). The highest BCUT2D eigenvalue weighted by molar-refractivity contribution is 5.32. The van der Waals surface area contributed by atoms with Gasteiger partial charge in [-0.05, 0) is 18.9 Å². The zero-order chi connectivity index (χ0) is 12.5. The van der Waals surface area contributed by atoms with Gasteiger partial charge >= 0.3 is 0 Å². The Balaban J connectivity index is 1.93. The van der Waals surface area contributed by atoms with Crippen molar-refractivity contribution in [3.63, 3.8) is 0 Å². The normalized spacial score (nSPS) is 14.9. The smallest absolute Gasteiger partial charge is 0.120 e. The summed E-state index contributed by atoms with van der Waals surface area (Å²) in [5, 5.41) is 18.1. The first-order chi connectivity index (χ1) is 8.79. The van der Waals surface area contributed by atoms with Crippen LogP contribution in [0.2, 0.25) is 0 Å². The topological polar surface area (TPSA) is 77.0 Å². The van der Waals surface area contributed by atoms with Crippen LogP contribution in [0.3, 0.4) is 0 Å².